The fraction of sp³-hybridized carbons (Fsp3) is 0.600. The van der Waals surface area contributed by atoms with Gasteiger partial charge in [0.1, 0.15) is 5.82 Å². The molecule has 3 N–H and O–H groups in total. The van der Waals surface area contributed by atoms with Crippen LogP contribution in [0.5, 0.6) is 0 Å². The number of aromatic nitrogens is 1. The molecule has 2 rings (SSSR count). The van der Waals surface area contributed by atoms with E-state index >= 15 is 0 Å². The Labute approximate surface area is 132 Å². The number of rotatable bonds is 5. The van der Waals surface area contributed by atoms with Crippen molar-refractivity contribution in [3.05, 3.63) is 23.9 Å². The van der Waals surface area contributed by atoms with Crippen LogP contribution in [0.1, 0.15) is 37.7 Å². The van der Waals surface area contributed by atoms with Crippen LogP contribution in [0.25, 0.3) is 0 Å². The van der Waals surface area contributed by atoms with Crippen molar-refractivity contribution in [3.63, 3.8) is 0 Å². The van der Waals surface area contributed by atoms with E-state index in [1.807, 2.05) is 12.3 Å². The summed E-state index contributed by atoms with van der Waals surface area (Å²) in [4.78, 5) is 18.2. The fourth-order valence-electron chi connectivity index (χ4n) is 2.43. The molecule has 0 aromatic carbocycles. The summed E-state index contributed by atoms with van der Waals surface area (Å²) in [6, 6.07) is 4.09. The lowest BCUT2D eigenvalue weighted by Gasteiger charge is -2.21. The zero-order valence-electron chi connectivity index (χ0n) is 12.4. The zero-order valence-corrected chi connectivity index (χ0v) is 13.2. The van der Waals surface area contributed by atoms with Gasteiger partial charge >= 0.3 is 0 Å². The minimum atomic E-state index is -0.0101. The van der Waals surface area contributed by atoms with Gasteiger partial charge in [-0.05, 0) is 24.5 Å². The van der Waals surface area contributed by atoms with E-state index in [1.54, 1.807) is 0 Å². The van der Waals surface area contributed by atoms with E-state index in [4.69, 9.17) is 5.73 Å². The van der Waals surface area contributed by atoms with Gasteiger partial charge in [-0.15, -0.1) is 12.4 Å². The molecule has 0 aliphatic carbocycles. The summed E-state index contributed by atoms with van der Waals surface area (Å²) in [5.41, 5.74) is 6.36. The van der Waals surface area contributed by atoms with Crippen LogP contribution in [0, 0.1) is 0 Å². The SMILES string of the molecule is Cl.NCCC(=O)NCc1ccc(N2CCCCCC2)nc1. The number of carbonyl (C=O) groups is 1. The smallest absolute Gasteiger partial charge is 0.221 e. The van der Waals surface area contributed by atoms with Crippen LogP contribution < -0.4 is 16.0 Å². The second-order valence-electron chi connectivity index (χ2n) is 5.24. The highest BCUT2D eigenvalue weighted by Gasteiger charge is 2.10. The Kier molecular flexibility index (Phi) is 8.08. The maximum Gasteiger partial charge on any atom is 0.221 e. The molecule has 0 atom stereocenters. The third-order valence-corrected chi connectivity index (χ3v) is 3.60. The number of hydrogen-bond donors (Lipinski definition) is 2. The predicted octanol–water partition coefficient (Wildman–Crippen LogP) is 1.85. The summed E-state index contributed by atoms with van der Waals surface area (Å²) in [7, 11) is 0. The molecule has 1 aliphatic rings. The van der Waals surface area contributed by atoms with Crippen LogP contribution >= 0.6 is 12.4 Å². The predicted molar refractivity (Wildman–Crippen MR) is 87.7 cm³/mol. The summed E-state index contributed by atoms with van der Waals surface area (Å²) in [5.74, 6) is 1.04. The summed E-state index contributed by atoms with van der Waals surface area (Å²) >= 11 is 0. The topological polar surface area (TPSA) is 71.2 Å². The Morgan fingerprint density at radius 2 is 1.95 bits per heavy atom. The number of pyridine rings is 1. The molecular weight excluding hydrogens is 288 g/mol. The summed E-state index contributed by atoms with van der Waals surface area (Å²) in [6.07, 6.45) is 7.36. The molecular formula is C15H25ClN4O. The normalized spacial score (nSPS) is 15.0. The number of halogens is 1. The van der Waals surface area contributed by atoms with Gasteiger partial charge in [-0.25, -0.2) is 4.98 Å². The van der Waals surface area contributed by atoms with Crippen molar-refractivity contribution in [1.82, 2.24) is 10.3 Å². The van der Waals surface area contributed by atoms with Crippen molar-refractivity contribution in [1.29, 1.82) is 0 Å². The van der Waals surface area contributed by atoms with E-state index < -0.39 is 0 Å². The van der Waals surface area contributed by atoms with Gasteiger partial charge < -0.3 is 16.0 Å². The second-order valence-corrected chi connectivity index (χ2v) is 5.24. The molecule has 1 fully saturated rings. The van der Waals surface area contributed by atoms with Crippen LogP contribution in [-0.4, -0.2) is 30.5 Å². The number of anilines is 1. The lowest BCUT2D eigenvalue weighted by Crippen LogP contribution is -2.26. The number of carbonyl (C=O) groups excluding carboxylic acids is 1. The van der Waals surface area contributed by atoms with E-state index in [1.165, 1.54) is 25.7 Å². The first-order chi connectivity index (χ1) is 9.79. The second kappa shape index (κ2) is 9.58. The molecule has 0 unspecified atom stereocenters. The largest absolute Gasteiger partial charge is 0.357 e. The molecule has 0 bridgehead atoms. The van der Waals surface area contributed by atoms with Gasteiger partial charge in [0.15, 0.2) is 0 Å². The van der Waals surface area contributed by atoms with Gasteiger partial charge in [0.25, 0.3) is 0 Å². The van der Waals surface area contributed by atoms with Crippen LogP contribution in [0.2, 0.25) is 0 Å². The van der Waals surface area contributed by atoms with Crippen molar-refractivity contribution in [3.8, 4) is 0 Å². The molecule has 21 heavy (non-hydrogen) atoms. The third-order valence-electron chi connectivity index (χ3n) is 3.60. The number of amides is 1. The molecule has 1 aromatic rings. The molecule has 1 aromatic heterocycles. The number of nitrogens with one attached hydrogen (secondary N) is 1. The summed E-state index contributed by atoms with van der Waals surface area (Å²) in [6.45, 7) is 3.10. The highest BCUT2D eigenvalue weighted by atomic mass is 35.5. The van der Waals surface area contributed by atoms with Gasteiger partial charge in [0.2, 0.25) is 5.91 Å². The monoisotopic (exact) mass is 312 g/mol. The maximum atomic E-state index is 11.3. The third kappa shape index (κ3) is 5.89. The highest BCUT2D eigenvalue weighted by molar-refractivity contribution is 5.85. The highest BCUT2D eigenvalue weighted by Crippen LogP contribution is 2.17. The molecule has 2 heterocycles. The molecule has 1 amide bonds. The van der Waals surface area contributed by atoms with Crippen LogP contribution in [0.4, 0.5) is 5.82 Å². The van der Waals surface area contributed by atoms with Gasteiger partial charge in [0, 0.05) is 38.8 Å². The average Bonchev–Trinajstić information content (AvgIpc) is 2.75. The summed E-state index contributed by atoms with van der Waals surface area (Å²) < 4.78 is 0. The first kappa shape index (κ1) is 17.7. The van der Waals surface area contributed by atoms with E-state index in [-0.39, 0.29) is 18.3 Å². The molecule has 0 saturated carbocycles. The molecule has 0 spiro atoms. The van der Waals surface area contributed by atoms with Crippen molar-refractivity contribution >= 4 is 24.1 Å². The molecule has 6 heteroatoms. The van der Waals surface area contributed by atoms with E-state index in [0.29, 0.717) is 19.5 Å². The quantitative estimate of drug-likeness (QED) is 0.870. The Bertz CT molecular complexity index is 416. The van der Waals surface area contributed by atoms with Gasteiger partial charge in [0.05, 0.1) is 0 Å². The standard InChI is InChI=1S/C15H24N4O.ClH/c16-8-7-15(20)18-12-13-5-6-14(17-11-13)19-9-3-1-2-4-10-19;/h5-6,11H,1-4,7-10,12,16H2,(H,18,20);1H. The maximum absolute atomic E-state index is 11.3. The zero-order chi connectivity index (χ0) is 14.2. The lowest BCUT2D eigenvalue weighted by atomic mass is 10.2. The molecule has 5 nitrogen and oxygen atoms in total. The Morgan fingerprint density at radius 1 is 1.24 bits per heavy atom. The number of nitrogens with two attached hydrogens (primary N) is 1. The van der Waals surface area contributed by atoms with Crippen LogP contribution in [-0.2, 0) is 11.3 Å². The first-order valence-corrected chi connectivity index (χ1v) is 7.46. The first-order valence-electron chi connectivity index (χ1n) is 7.46. The van der Waals surface area contributed by atoms with E-state index in [2.05, 4.69) is 21.3 Å². The van der Waals surface area contributed by atoms with Crippen molar-refractivity contribution in [2.75, 3.05) is 24.5 Å². The van der Waals surface area contributed by atoms with Gasteiger partial charge in [-0.3, -0.25) is 4.79 Å². The molecule has 0 radical (unpaired) electrons. The number of nitrogens with zero attached hydrogens (tertiary/aromatic N) is 2. The molecule has 118 valence electrons. The Morgan fingerprint density at radius 3 is 2.52 bits per heavy atom. The fourth-order valence-corrected chi connectivity index (χ4v) is 2.43. The minimum absolute atomic E-state index is 0. The van der Waals surface area contributed by atoms with Crippen molar-refractivity contribution in [2.24, 2.45) is 5.73 Å². The van der Waals surface area contributed by atoms with E-state index in [0.717, 1.165) is 24.5 Å². The Hall–Kier alpha value is -1.33. The van der Waals surface area contributed by atoms with Crippen molar-refractivity contribution in [2.45, 2.75) is 38.6 Å². The van der Waals surface area contributed by atoms with Crippen molar-refractivity contribution < 1.29 is 4.79 Å². The van der Waals surface area contributed by atoms with Crippen LogP contribution in [0.3, 0.4) is 0 Å². The minimum Gasteiger partial charge on any atom is -0.357 e. The molecule has 1 saturated heterocycles. The van der Waals surface area contributed by atoms with Gasteiger partial charge in [-0.1, -0.05) is 18.9 Å². The number of hydrogen-bond acceptors (Lipinski definition) is 4. The Balaban J connectivity index is 0.00000220. The summed E-state index contributed by atoms with van der Waals surface area (Å²) in [5, 5.41) is 2.84. The van der Waals surface area contributed by atoms with E-state index in [9.17, 15) is 4.79 Å². The average molecular weight is 313 g/mol. The lowest BCUT2D eigenvalue weighted by molar-refractivity contribution is -0.121. The van der Waals surface area contributed by atoms with Gasteiger partial charge in [-0.2, -0.15) is 0 Å². The van der Waals surface area contributed by atoms with Crippen LogP contribution in [0.15, 0.2) is 18.3 Å². The molecule has 1 aliphatic heterocycles.